The van der Waals surface area contributed by atoms with Crippen molar-refractivity contribution < 1.29 is 47.9 Å². The van der Waals surface area contributed by atoms with Crippen LogP contribution in [0.1, 0.15) is 331 Å². The molecule has 10 rings (SSSR count). The van der Waals surface area contributed by atoms with Crippen LogP contribution in [0.2, 0.25) is 0 Å². The number of nitrogens with zero attached hydrogens (tertiary/aromatic N) is 4. The van der Waals surface area contributed by atoms with Crippen LogP contribution in [0.25, 0.3) is 0 Å². The second-order valence-corrected chi connectivity index (χ2v) is 40.5. The van der Waals surface area contributed by atoms with Crippen LogP contribution in [-0.2, 0) is 19.2 Å². The number of rotatable bonds is 19. The lowest BCUT2D eigenvalue weighted by Gasteiger charge is -2.36. The van der Waals surface area contributed by atoms with Crippen molar-refractivity contribution in [2.24, 2.45) is 94.7 Å². The van der Waals surface area contributed by atoms with E-state index in [0.717, 1.165) is 205 Å². The molecule has 0 aromatic rings. The molecule has 2 saturated heterocycles. The standard InChI is InChI=1S/C15H29N3O.C14H26N2O2.2C12H24N2O.C11H22N2O2.C11H22N2O.C11H21NO.C10H19NO/c1-12(2)13-5-4-6-14(11-13)16-15(19)18-9-7-17(3)8-10-18;1-11(2)12-4-3-5-13(10-12)15-14(17)16-6-8-18-9-7-16;1-9(2)10-6-5-7-11(8-10)13-12(15)14(3)4;1-4-13-12(15)14-11-7-5-6-10(8-11)9(2)3;1-8(2)9-5-4-6-10(7-9)12-11(14)13-15-3;1-8(2)9-5-4-6-10(7-9)13-11(14)12-3;1-4-11(13)12-10-6-5-9(7-10)8(2)3;1-7(2)9-4-5-10(6-9)11-8(3)12/h12-14H,4-11H2,1-3H3,(H,16,19);11-13H,3-10H2,1-2H3,(H,15,17);9-11H,5-8H2,1-4H3,(H,13,15);9-11H,4-8H2,1-3H3,(H2,13,14,15);8-10H,4-7H2,1-3H3,(H2,12,13,14);8-10H,4-7H2,1-3H3,(H2,12,13,14);8-10H,4-7H2,1-3H3,(H,12,13);7,9-10H,4-6H2,1-3H3,(H,11,12)/t13-,14-;12-,13-;2*10-,11-;4*9-,10-/m11111111/s1. The van der Waals surface area contributed by atoms with Gasteiger partial charge in [0, 0.05) is 129 Å². The normalized spacial score (nSPS) is 27.9. The Hall–Kier alpha value is -5.56. The summed E-state index contributed by atoms with van der Waals surface area (Å²) in [6.45, 7) is 49.1. The summed E-state index contributed by atoms with van der Waals surface area (Å²) in [6, 6.07) is 3.18. The van der Waals surface area contributed by atoms with Crippen LogP contribution in [0.5, 0.6) is 0 Å². The zero-order chi connectivity index (χ0) is 90.3. The number of carbonyl (C=O) groups is 8. The molecule has 25 heteroatoms. The van der Waals surface area contributed by atoms with E-state index in [1.807, 2.05) is 23.6 Å². The third-order valence-corrected chi connectivity index (χ3v) is 28.1. The zero-order valence-corrected chi connectivity index (χ0v) is 81.5. The van der Waals surface area contributed by atoms with Gasteiger partial charge in [0.05, 0.1) is 20.3 Å². The number of urea groups is 6. The summed E-state index contributed by atoms with van der Waals surface area (Å²) >= 11 is 0. The molecule has 121 heavy (non-hydrogen) atoms. The van der Waals surface area contributed by atoms with E-state index in [2.05, 4.69) is 186 Å². The van der Waals surface area contributed by atoms with Crippen LogP contribution in [-0.4, -0.2) is 210 Å². The first-order valence-electron chi connectivity index (χ1n) is 48.9. The molecule has 2 aliphatic heterocycles. The second-order valence-electron chi connectivity index (χ2n) is 40.5. The lowest BCUT2D eigenvalue weighted by atomic mass is 9.79. The molecule has 0 aromatic heterocycles. The van der Waals surface area contributed by atoms with Crippen molar-refractivity contribution in [2.75, 3.05) is 94.3 Å². The van der Waals surface area contributed by atoms with E-state index in [1.165, 1.54) is 123 Å². The van der Waals surface area contributed by atoms with Crippen molar-refractivity contribution in [3.05, 3.63) is 0 Å². The lowest BCUT2D eigenvalue weighted by Crippen LogP contribution is -2.53. The number of morpholine rings is 1. The molecule has 14 amide bonds. The van der Waals surface area contributed by atoms with Crippen molar-refractivity contribution in [3.63, 3.8) is 0 Å². The van der Waals surface area contributed by atoms with Gasteiger partial charge in [-0.3, -0.25) is 14.4 Å². The third-order valence-electron chi connectivity index (χ3n) is 28.1. The van der Waals surface area contributed by atoms with Crippen LogP contribution in [0.4, 0.5) is 28.8 Å². The van der Waals surface area contributed by atoms with E-state index < -0.39 is 0 Å². The number of carbonyl (C=O) groups excluding carboxylic acids is 8. The Labute approximate surface area is 738 Å². The summed E-state index contributed by atoms with van der Waals surface area (Å²) in [5, 5.41) is 30.0. The van der Waals surface area contributed by atoms with Gasteiger partial charge in [-0.05, 0) is 224 Å². The highest BCUT2D eigenvalue weighted by Gasteiger charge is 2.34. The highest BCUT2D eigenvalue weighted by molar-refractivity contribution is 5.77. The minimum Gasteiger partial charge on any atom is -0.378 e. The first kappa shape index (κ1) is 110. The number of piperazine rings is 1. The van der Waals surface area contributed by atoms with Crippen LogP contribution >= 0.6 is 0 Å². The van der Waals surface area contributed by atoms with Gasteiger partial charge >= 0.3 is 36.2 Å². The minimum atomic E-state index is -0.230. The van der Waals surface area contributed by atoms with Crippen molar-refractivity contribution >= 4 is 48.0 Å². The molecule has 2 heterocycles. The Balaban J connectivity index is 0.000000359. The Bertz CT molecular complexity index is 2790. The Morgan fingerprint density at radius 3 is 0.942 bits per heavy atom. The average Bonchev–Trinajstić information content (AvgIpc) is 1.87. The minimum absolute atomic E-state index is 0.00749. The number of likely N-dealkylation sites (N-methyl/N-ethyl adjacent to an activating group) is 1. The Kier molecular flexibility index (Phi) is 55.2. The van der Waals surface area contributed by atoms with Gasteiger partial charge < -0.3 is 77.5 Å². The maximum Gasteiger partial charge on any atom is 0.338 e. The van der Waals surface area contributed by atoms with E-state index in [9.17, 15) is 38.4 Å². The van der Waals surface area contributed by atoms with Gasteiger partial charge in [-0.15, -0.1) is 0 Å². The predicted molar refractivity (Wildman–Crippen MR) is 497 cm³/mol. The molecule has 8 aliphatic carbocycles. The van der Waals surface area contributed by atoms with Gasteiger partial charge in [-0.2, -0.15) is 0 Å². The molecule has 0 bridgehead atoms. The Morgan fingerprint density at radius 2 is 0.653 bits per heavy atom. The number of ether oxygens (including phenoxy) is 1. The molecule has 706 valence electrons. The largest absolute Gasteiger partial charge is 0.378 e. The maximum absolute atomic E-state index is 12.2. The monoisotopic (exact) mass is 1710 g/mol. The summed E-state index contributed by atoms with van der Waals surface area (Å²) in [5.74, 6) is 12.5. The van der Waals surface area contributed by atoms with Crippen molar-refractivity contribution in [3.8, 4) is 0 Å². The average molecular weight is 1710 g/mol. The smallest absolute Gasteiger partial charge is 0.338 e. The number of amides is 14. The summed E-state index contributed by atoms with van der Waals surface area (Å²) in [6.07, 6.45) is 36.9. The summed E-state index contributed by atoms with van der Waals surface area (Å²) in [4.78, 5) is 104. The first-order chi connectivity index (χ1) is 57.3. The molecule has 11 N–H and O–H groups in total. The van der Waals surface area contributed by atoms with Crippen LogP contribution in [0.3, 0.4) is 0 Å². The Morgan fingerprint density at radius 1 is 0.364 bits per heavy atom. The molecule has 25 nitrogen and oxygen atoms in total. The summed E-state index contributed by atoms with van der Waals surface area (Å²) in [7, 11) is 8.80. The second kappa shape index (κ2) is 61.0. The predicted octanol–water partition coefficient (Wildman–Crippen LogP) is 17.9. The number of hydrogen-bond acceptors (Lipinski definition) is 11. The molecular formula is C96H187N15O10. The van der Waals surface area contributed by atoms with E-state index in [-0.39, 0.29) is 48.0 Å². The van der Waals surface area contributed by atoms with Crippen molar-refractivity contribution in [2.45, 2.75) is 379 Å². The van der Waals surface area contributed by atoms with Crippen molar-refractivity contribution in [1.82, 2.24) is 78.2 Å². The maximum atomic E-state index is 12.2. The van der Waals surface area contributed by atoms with Gasteiger partial charge in [-0.25, -0.2) is 34.2 Å². The number of nitrogens with one attached hydrogen (secondary N) is 11. The molecule has 8 saturated carbocycles. The van der Waals surface area contributed by atoms with Crippen LogP contribution in [0.15, 0.2) is 0 Å². The first-order valence-corrected chi connectivity index (χ1v) is 48.9. The molecular weight excluding hydrogens is 1520 g/mol. The summed E-state index contributed by atoms with van der Waals surface area (Å²) < 4.78 is 5.27. The number of hydroxylamine groups is 1. The molecule has 16 atom stereocenters. The van der Waals surface area contributed by atoms with Gasteiger partial charge in [0.1, 0.15) is 0 Å². The lowest BCUT2D eigenvalue weighted by molar-refractivity contribution is -0.121. The van der Waals surface area contributed by atoms with Gasteiger partial charge in [0.15, 0.2) is 0 Å². The van der Waals surface area contributed by atoms with E-state index in [0.29, 0.717) is 80.4 Å². The zero-order valence-electron chi connectivity index (χ0n) is 81.5. The van der Waals surface area contributed by atoms with Gasteiger partial charge in [-0.1, -0.05) is 195 Å². The SMILES string of the molecule is CC(=O)N[C@@H]1CC[C@@H](C(C)C)C1.CC(C)[C@@H]1CCC[C@@H](NC(=O)N(C)C)C1.CC(C)[C@@H]1CCC[C@@H](NC(=O)N2CCN(C)CC2)C1.CC(C)[C@@H]1CCC[C@@H](NC(=O)N2CCOCC2)C1.CCC(=O)N[C@@H]1CC[C@@H](C(C)C)C1.CCNC(=O)N[C@@H]1CCC[C@@H](C(C)C)C1.CNC(=O)N[C@@H]1CCC[C@@H](C(C)C)C1.CONC(=O)N[C@@H]1CCC[C@@H](C(C)C)C1. The number of hydrogen-bond donors (Lipinski definition) is 11. The van der Waals surface area contributed by atoms with Gasteiger partial charge in [0.2, 0.25) is 11.8 Å². The van der Waals surface area contributed by atoms with Gasteiger partial charge in [0.25, 0.3) is 0 Å². The molecule has 0 radical (unpaired) electrons. The highest BCUT2D eigenvalue weighted by Crippen LogP contribution is 2.37. The molecule has 10 aliphatic rings. The van der Waals surface area contributed by atoms with Crippen molar-refractivity contribution in [1.29, 1.82) is 0 Å². The van der Waals surface area contributed by atoms with E-state index >= 15 is 0 Å². The molecule has 0 spiro atoms. The molecule has 0 aromatic carbocycles. The fraction of sp³-hybridized carbons (Fsp3) is 0.917. The van der Waals surface area contributed by atoms with E-state index in [1.54, 1.807) is 33.0 Å². The summed E-state index contributed by atoms with van der Waals surface area (Å²) in [5.41, 5.74) is 2.29. The third kappa shape index (κ3) is 46.5. The van der Waals surface area contributed by atoms with E-state index in [4.69, 9.17) is 4.74 Å². The fourth-order valence-corrected chi connectivity index (χ4v) is 19.5. The quantitative estimate of drug-likeness (QED) is 0.0540. The molecule has 10 fully saturated rings. The fourth-order valence-electron chi connectivity index (χ4n) is 19.5. The highest BCUT2D eigenvalue weighted by atomic mass is 16.6. The van der Waals surface area contributed by atoms with Crippen LogP contribution < -0.4 is 58.6 Å². The topological polar surface area (TPSA) is 300 Å². The molecule has 0 unspecified atom stereocenters. The van der Waals surface area contributed by atoms with Crippen LogP contribution in [0, 0.1) is 94.7 Å².